The number of aryl methyl sites for hydroxylation is 1. The largest absolute Gasteiger partial charge is 0.508 e. The minimum absolute atomic E-state index is 0.0655. The molecule has 0 aliphatic rings. The van der Waals surface area contributed by atoms with Crippen LogP contribution in [0, 0.1) is 0 Å². The number of imidazole rings is 1. The van der Waals surface area contributed by atoms with Crippen molar-refractivity contribution < 1.29 is 15.0 Å². The second kappa shape index (κ2) is 11.2. The number of carbonyl (C=O) groups excluding carboxylic acids is 1. The zero-order valence-corrected chi connectivity index (χ0v) is 18.6. The quantitative estimate of drug-likeness (QED) is 0.323. The van der Waals surface area contributed by atoms with E-state index in [9.17, 15) is 9.90 Å². The molecule has 0 amide bonds. The van der Waals surface area contributed by atoms with Crippen molar-refractivity contribution in [2.24, 2.45) is 0 Å². The molecule has 158 valence electrons. The second-order valence-corrected chi connectivity index (χ2v) is 7.34. The molecule has 2 aromatic carbocycles. The van der Waals surface area contributed by atoms with Gasteiger partial charge in [0.25, 0.3) is 0 Å². The Morgan fingerprint density at radius 3 is 2.33 bits per heavy atom. The fraction of sp³-hybridized carbons (Fsp3) is 0.250. The highest BCUT2D eigenvalue weighted by molar-refractivity contribution is 7.13. The summed E-state index contributed by atoms with van der Waals surface area (Å²) >= 11 is 1.55. The molecule has 0 atom stereocenters. The monoisotopic (exact) mass is 424 g/mol. The molecule has 0 radical (unpaired) electrons. The highest BCUT2D eigenvalue weighted by Gasteiger charge is 2.15. The van der Waals surface area contributed by atoms with Crippen molar-refractivity contribution in [3.63, 3.8) is 0 Å². The Bertz CT molecular complexity index is 1070. The van der Waals surface area contributed by atoms with E-state index in [0.717, 1.165) is 17.7 Å². The molecule has 5 nitrogen and oxygen atoms in total. The lowest BCUT2D eigenvalue weighted by atomic mass is 10.1. The van der Waals surface area contributed by atoms with Crippen LogP contribution >= 0.6 is 11.3 Å². The van der Waals surface area contributed by atoms with Crippen LogP contribution in [0.3, 0.4) is 0 Å². The fourth-order valence-corrected chi connectivity index (χ4v) is 3.51. The Morgan fingerprint density at radius 1 is 1.07 bits per heavy atom. The van der Waals surface area contributed by atoms with E-state index in [4.69, 9.17) is 5.11 Å². The zero-order chi connectivity index (χ0) is 22.1. The van der Waals surface area contributed by atoms with Crippen molar-refractivity contribution in [3.05, 3.63) is 65.0 Å². The molecule has 0 fully saturated rings. The highest BCUT2D eigenvalue weighted by atomic mass is 32.1. The summed E-state index contributed by atoms with van der Waals surface area (Å²) in [5, 5.41) is 20.7. The maximum Gasteiger partial charge on any atom is 0.162 e. The fourth-order valence-electron chi connectivity index (χ4n) is 2.84. The number of nitrogens with zero attached hydrogens (tertiary/aromatic N) is 1. The number of fused-ring (bicyclic) bond motifs is 1. The molecule has 0 aliphatic carbocycles. The normalized spacial score (nSPS) is 10.0. The first-order valence-electron chi connectivity index (χ1n) is 10.0. The van der Waals surface area contributed by atoms with Crippen LogP contribution < -0.4 is 0 Å². The van der Waals surface area contributed by atoms with Crippen LogP contribution in [0.4, 0.5) is 0 Å². The number of H-pyrrole nitrogens is 1. The van der Waals surface area contributed by atoms with Gasteiger partial charge in [-0.25, -0.2) is 4.98 Å². The minimum atomic E-state index is -0.0655. The van der Waals surface area contributed by atoms with Gasteiger partial charge in [-0.1, -0.05) is 45.4 Å². The molecule has 0 saturated heterocycles. The number of thiophene rings is 1. The van der Waals surface area contributed by atoms with Crippen LogP contribution in [0.5, 0.6) is 11.5 Å². The van der Waals surface area contributed by atoms with Gasteiger partial charge in [-0.05, 0) is 54.6 Å². The minimum Gasteiger partial charge on any atom is -0.508 e. The van der Waals surface area contributed by atoms with Gasteiger partial charge in [0.2, 0.25) is 0 Å². The van der Waals surface area contributed by atoms with E-state index < -0.39 is 0 Å². The van der Waals surface area contributed by atoms with Crippen molar-refractivity contribution in [3.8, 4) is 22.2 Å². The van der Waals surface area contributed by atoms with Crippen molar-refractivity contribution >= 4 is 28.2 Å². The van der Waals surface area contributed by atoms with Crippen LogP contribution in [-0.2, 0) is 6.42 Å². The number of hydrogen-bond donors (Lipinski definition) is 3. The first-order chi connectivity index (χ1) is 14.5. The summed E-state index contributed by atoms with van der Waals surface area (Å²) in [5.74, 6) is 1.05. The number of benzene rings is 2. The molecule has 0 saturated carbocycles. The molecular weight excluding hydrogens is 396 g/mol. The molecule has 30 heavy (non-hydrogen) atoms. The molecule has 4 aromatic rings. The lowest BCUT2D eigenvalue weighted by Crippen LogP contribution is -1.93. The van der Waals surface area contributed by atoms with Gasteiger partial charge in [0, 0.05) is 5.56 Å². The van der Waals surface area contributed by atoms with Gasteiger partial charge in [-0.2, -0.15) is 0 Å². The second-order valence-electron chi connectivity index (χ2n) is 6.39. The predicted octanol–water partition coefficient (Wildman–Crippen LogP) is 6.57. The van der Waals surface area contributed by atoms with E-state index in [1.807, 2.05) is 43.5 Å². The Kier molecular flexibility index (Phi) is 8.62. The SMILES string of the molecule is CC.CC(=O)c1ccc(O)c2[nH]c(-c3cccs3)nc12.CCCc1ccc(O)cc1. The van der Waals surface area contributed by atoms with E-state index in [1.54, 1.807) is 29.5 Å². The third kappa shape index (κ3) is 5.70. The number of carbonyl (C=O) groups is 1. The molecule has 4 rings (SSSR count). The summed E-state index contributed by atoms with van der Waals surface area (Å²) in [6.45, 7) is 7.64. The molecule has 0 aliphatic heterocycles. The van der Waals surface area contributed by atoms with Gasteiger partial charge in [-0.15, -0.1) is 11.3 Å². The summed E-state index contributed by atoms with van der Waals surface area (Å²) in [6.07, 6.45) is 2.26. The first kappa shape index (κ1) is 23.2. The maximum absolute atomic E-state index is 11.5. The van der Waals surface area contributed by atoms with E-state index >= 15 is 0 Å². The average molecular weight is 425 g/mol. The summed E-state index contributed by atoms with van der Waals surface area (Å²) in [4.78, 5) is 20.0. The number of phenols is 2. The van der Waals surface area contributed by atoms with Gasteiger partial charge in [0.15, 0.2) is 5.78 Å². The highest BCUT2D eigenvalue weighted by Crippen LogP contribution is 2.30. The number of phenolic OH excluding ortho intramolecular Hbond substituents is 2. The van der Waals surface area contributed by atoms with Crippen molar-refractivity contribution in [2.45, 2.75) is 40.5 Å². The molecular formula is C24H28N2O3S. The number of aromatic amines is 1. The summed E-state index contributed by atoms with van der Waals surface area (Å²) in [7, 11) is 0. The van der Waals surface area contributed by atoms with E-state index in [2.05, 4.69) is 16.9 Å². The lowest BCUT2D eigenvalue weighted by molar-refractivity contribution is 0.101. The van der Waals surface area contributed by atoms with Crippen molar-refractivity contribution in [1.82, 2.24) is 9.97 Å². The van der Waals surface area contributed by atoms with Crippen LogP contribution in [0.15, 0.2) is 53.9 Å². The lowest BCUT2D eigenvalue weighted by Gasteiger charge is -1.98. The van der Waals surface area contributed by atoms with E-state index in [-0.39, 0.29) is 11.5 Å². The number of Topliss-reactive ketones (excluding diaryl/α,β-unsaturated/α-hetero) is 1. The average Bonchev–Trinajstić information content (AvgIpc) is 3.42. The van der Waals surface area contributed by atoms with Gasteiger partial charge < -0.3 is 15.2 Å². The Hall–Kier alpha value is -3.12. The van der Waals surface area contributed by atoms with Crippen LogP contribution in [0.25, 0.3) is 21.7 Å². The number of ketones is 1. The molecule has 2 aromatic heterocycles. The topological polar surface area (TPSA) is 86.2 Å². The number of rotatable bonds is 4. The smallest absolute Gasteiger partial charge is 0.162 e. The molecule has 0 unspecified atom stereocenters. The summed E-state index contributed by atoms with van der Waals surface area (Å²) in [6, 6.07) is 14.3. The third-order valence-electron chi connectivity index (χ3n) is 4.23. The summed E-state index contributed by atoms with van der Waals surface area (Å²) in [5.41, 5.74) is 2.83. The molecule has 0 bridgehead atoms. The predicted molar refractivity (Wildman–Crippen MR) is 125 cm³/mol. The zero-order valence-electron chi connectivity index (χ0n) is 17.8. The van der Waals surface area contributed by atoms with Crippen molar-refractivity contribution in [1.29, 1.82) is 0 Å². The first-order valence-corrected chi connectivity index (χ1v) is 10.9. The van der Waals surface area contributed by atoms with Gasteiger partial charge in [0.1, 0.15) is 28.4 Å². The van der Waals surface area contributed by atoms with Crippen molar-refractivity contribution in [2.75, 3.05) is 0 Å². The molecule has 2 heterocycles. The number of aromatic hydroxyl groups is 2. The van der Waals surface area contributed by atoms with Crippen LogP contribution in [0.1, 0.15) is 50.0 Å². The van der Waals surface area contributed by atoms with Gasteiger partial charge in [-0.3, -0.25) is 4.79 Å². The number of nitrogens with one attached hydrogen (secondary N) is 1. The number of aromatic nitrogens is 2. The van der Waals surface area contributed by atoms with Crippen LogP contribution in [-0.4, -0.2) is 26.0 Å². The standard InChI is InChI=1S/C13H10N2O2S.C9H12O.C2H6/c1-7(16)8-4-5-9(17)12-11(8)14-13(15-12)10-3-2-6-18-10;1-2-3-8-4-6-9(10)7-5-8;1-2/h2-6,17H,1H3,(H,14,15);4-7,10H,2-3H2,1H3;1-2H3. The molecule has 6 heteroatoms. The Morgan fingerprint density at radius 2 is 1.77 bits per heavy atom. The Labute approximate surface area is 181 Å². The van der Waals surface area contributed by atoms with Gasteiger partial charge >= 0.3 is 0 Å². The third-order valence-corrected chi connectivity index (χ3v) is 5.11. The van der Waals surface area contributed by atoms with E-state index in [0.29, 0.717) is 28.2 Å². The maximum atomic E-state index is 11.5. The van der Waals surface area contributed by atoms with Crippen LogP contribution in [0.2, 0.25) is 0 Å². The van der Waals surface area contributed by atoms with E-state index in [1.165, 1.54) is 18.6 Å². The summed E-state index contributed by atoms with van der Waals surface area (Å²) < 4.78 is 0. The molecule has 0 spiro atoms. The number of hydrogen-bond acceptors (Lipinski definition) is 5. The van der Waals surface area contributed by atoms with Gasteiger partial charge in [0.05, 0.1) is 4.88 Å². The Balaban J connectivity index is 0.000000228. The molecule has 3 N–H and O–H groups in total.